The molecule has 2 fully saturated rings. The van der Waals surface area contributed by atoms with Gasteiger partial charge in [0.1, 0.15) is 0 Å². The Morgan fingerprint density at radius 1 is 1.04 bits per heavy atom. The number of hydrogen-bond acceptors (Lipinski definition) is 6. The monoisotopic (exact) mass is 441 g/mol. The van der Waals surface area contributed by atoms with Crippen LogP contribution < -0.4 is 9.47 Å². The Morgan fingerprint density at radius 2 is 1.74 bits per heavy atom. The van der Waals surface area contributed by atoms with Crippen molar-refractivity contribution < 1.29 is 19.0 Å². The summed E-state index contributed by atoms with van der Waals surface area (Å²) in [6, 6.07) is 3.99. The molecule has 0 aliphatic carbocycles. The maximum atomic E-state index is 12.5. The van der Waals surface area contributed by atoms with Crippen molar-refractivity contribution in [1.29, 1.82) is 0 Å². The van der Waals surface area contributed by atoms with Crippen LogP contribution in [0.1, 0.15) is 5.56 Å². The summed E-state index contributed by atoms with van der Waals surface area (Å²) in [6.07, 6.45) is 0. The number of carbonyl (C=O) groups excluding carboxylic acids is 1. The van der Waals surface area contributed by atoms with E-state index in [-0.39, 0.29) is 5.91 Å². The highest BCUT2D eigenvalue weighted by molar-refractivity contribution is 9.10. The van der Waals surface area contributed by atoms with Gasteiger partial charge in [0.05, 0.1) is 38.5 Å². The van der Waals surface area contributed by atoms with Gasteiger partial charge < -0.3 is 19.1 Å². The Kier molecular flexibility index (Phi) is 7.34. The van der Waals surface area contributed by atoms with E-state index in [1.807, 2.05) is 11.0 Å². The number of piperazine rings is 1. The summed E-state index contributed by atoms with van der Waals surface area (Å²) in [6.45, 7) is 7.74. The van der Waals surface area contributed by atoms with Crippen LogP contribution in [0, 0.1) is 0 Å². The molecule has 0 aromatic heterocycles. The number of ether oxygens (including phenoxy) is 3. The number of methoxy groups -OCH3 is 2. The van der Waals surface area contributed by atoms with Crippen molar-refractivity contribution in [2.45, 2.75) is 6.54 Å². The second-order valence-corrected chi connectivity index (χ2v) is 7.61. The Bertz CT molecular complexity index is 644. The maximum Gasteiger partial charge on any atom is 0.236 e. The van der Waals surface area contributed by atoms with Crippen molar-refractivity contribution in [3.8, 4) is 11.5 Å². The molecule has 0 radical (unpaired) electrons. The number of benzene rings is 1. The first kappa shape index (κ1) is 20.4. The first-order valence-electron chi connectivity index (χ1n) is 9.32. The van der Waals surface area contributed by atoms with Crippen LogP contribution in [0.5, 0.6) is 11.5 Å². The molecule has 3 rings (SSSR count). The summed E-state index contributed by atoms with van der Waals surface area (Å²) in [5, 5.41) is 0. The van der Waals surface area contributed by atoms with Crippen molar-refractivity contribution in [3.63, 3.8) is 0 Å². The predicted octanol–water partition coefficient (Wildman–Crippen LogP) is 1.44. The number of nitrogens with zero attached hydrogens (tertiary/aromatic N) is 3. The topological polar surface area (TPSA) is 54.5 Å². The highest BCUT2D eigenvalue weighted by atomic mass is 79.9. The van der Waals surface area contributed by atoms with Crippen molar-refractivity contribution >= 4 is 21.8 Å². The largest absolute Gasteiger partial charge is 0.493 e. The lowest BCUT2D eigenvalue weighted by Crippen LogP contribution is -2.52. The van der Waals surface area contributed by atoms with Crippen LogP contribution in [0.2, 0.25) is 0 Å². The van der Waals surface area contributed by atoms with Gasteiger partial charge in [0.25, 0.3) is 0 Å². The Labute approximate surface area is 169 Å². The quantitative estimate of drug-likeness (QED) is 0.665. The number of morpholine rings is 1. The van der Waals surface area contributed by atoms with Gasteiger partial charge in [0.2, 0.25) is 5.91 Å². The van der Waals surface area contributed by atoms with Gasteiger partial charge in [0, 0.05) is 45.8 Å². The third-order valence-corrected chi connectivity index (χ3v) is 6.02. The zero-order chi connectivity index (χ0) is 19.2. The zero-order valence-corrected chi connectivity index (χ0v) is 17.7. The number of amides is 1. The van der Waals surface area contributed by atoms with Crippen LogP contribution in [-0.2, 0) is 16.1 Å². The third kappa shape index (κ3) is 5.13. The van der Waals surface area contributed by atoms with Crippen LogP contribution in [0.4, 0.5) is 0 Å². The summed E-state index contributed by atoms with van der Waals surface area (Å²) < 4.78 is 17.1. The van der Waals surface area contributed by atoms with Gasteiger partial charge in [-0.3, -0.25) is 14.6 Å². The Hall–Kier alpha value is -1.35. The molecule has 27 heavy (non-hydrogen) atoms. The van der Waals surface area contributed by atoms with Crippen LogP contribution in [-0.4, -0.2) is 93.9 Å². The van der Waals surface area contributed by atoms with Crippen molar-refractivity contribution in [2.24, 2.45) is 0 Å². The van der Waals surface area contributed by atoms with E-state index in [2.05, 4.69) is 31.8 Å². The van der Waals surface area contributed by atoms with Crippen LogP contribution in [0.3, 0.4) is 0 Å². The summed E-state index contributed by atoms with van der Waals surface area (Å²) >= 11 is 3.64. The molecule has 2 saturated heterocycles. The summed E-state index contributed by atoms with van der Waals surface area (Å²) in [7, 11) is 3.28. The number of rotatable bonds is 6. The van der Waals surface area contributed by atoms with Gasteiger partial charge in [0.15, 0.2) is 11.5 Å². The maximum absolute atomic E-state index is 12.5. The molecule has 0 spiro atoms. The molecule has 0 unspecified atom stereocenters. The smallest absolute Gasteiger partial charge is 0.236 e. The van der Waals surface area contributed by atoms with E-state index < -0.39 is 0 Å². The van der Waals surface area contributed by atoms with Gasteiger partial charge >= 0.3 is 0 Å². The van der Waals surface area contributed by atoms with Crippen LogP contribution in [0.15, 0.2) is 16.6 Å². The normalized spacial score (nSPS) is 19.1. The minimum atomic E-state index is 0.226. The molecule has 0 N–H and O–H groups in total. The van der Waals surface area contributed by atoms with Gasteiger partial charge in [-0.15, -0.1) is 0 Å². The van der Waals surface area contributed by atoms with Crippen LogP contribution >= 0.6 is 15.9 Å². The minimum absolute atomic E-state index is 0.226. The molecule has 0 bridgehead atoms. The molecule has 7 nitrogen and oxygen atoms in total. The molecule has 2 aliphatic heterocycles. The Balaban J connectivity index is 1.51. The molecule has 8 heteroatoms. The van der Waals surface area contributed by atoms with Gasteiger partial charge in [-0.2, -0.15) is 0 Å². The second kappa shape index (κ2) is 9.73. The molecular weight excluding hydrogens is 414 g/mol. The van der Waals surface area contributed by atoms with Gasteiger partial charge in [-0.1, -0.05) is 6.07 Å². The molecule has 1 aromatic carbocycles. The summed E-state index contributed by atoms with van der Waals surface area (Å²) in [4.78, 5) is 19.1. The molecule has 2 aliphatic rings. The minimum Gasteiger partial charge on any atom is -0.493 e. The fourth-order valence-electron chi connectivity index (χ4n) is 3.50. The molecule has 1 aromatic rings. The first-order valence-corrected chi connectivity index (χ1v) is 10.1. The zero-order valence-electron chi connectivity index (χ0n) is 16.1. The van der Waals surface area contributed by atoms with E-state index in [9.17, 15) is 4.79 Å². The van der Waals surface area contributed by atoms with Crippen molar-refractivity contribution in [2.75, 3.05) is 73.2 Å². The van der Waals surface area contributed by atoms with E-state index in [1.165, 1.54) is 0 Å². The SMILES string of the molecule is COc1ccc(CN2CCN(C(=O)CN3CCOCC3)CC2)c(Br)c1OC. The van der Waals surface area contributed by atoms with E-state index in [0.29, 0.717) is 18.0 Å². The fraction of sp³-hybridized carbons (Fsp3) is 0.632. The summed E-state index contributed by atoms with van der Waals surface area (Å²) in [5.41, 5.74) is 1.15. The first-order chi connectivity index (χ1) is 13.1. The third-order valence-electron chi connectivity index (χ3n) is 5.15. The predicted molar refractivity (Wildman–Crippen MR) is 106 cm³/mol. The fourth-order valence-corrected chi connectivity index (χ4v) is 4.11. The number of carbonyl (C=O) groups is 1. The highest BCUT2D eigenvalue weighted by Crippen LogP contribution is 2.38. The van der Waals surface area contributed by atoms with Crippen molar-refractivity contribution in [3.05, 3.63) is 22.2 Å². The van der Waals surface area contributed by atoms with E-state index in [0.717, 1.165) is 69.1 Å². The molecular formula is C19H28BrN3O4. The number of hydrogen-bond donors (Lipinski definition) is 0. The molecule has 2 heterocycles. The average molecular weight is 442 g/mol. The lowest BCUT2D eigenvalue weighted by molar-refractivity contribution is -0.135. The second-order valence-electron chi connectivity index (χ2n) is 6.82. The average Bonchev–Trinajstić information content (AvgIpc) is 2.70. The van der Waals surface area contributed by atoms with E-state index in [1.54, 1.807) is 14.2 Å². The molecule has 0 saturated carbocycles. The van der Waals surface area contributed by atoms with Gasteiger partial charge in [-0.25, -0.2) is 0 Å². The van der Waals surface area contributed by atoms with E-state index >= 15 is 0 Å². The lowest BCUT2D eigenvalue weighted by atomic mass is 10.1. The van der Waals surface area contributed by atoms with Gasteiger partial charge in [-0.05, 0) is 27.6 Å². The number of halogens is 1. The molecule has 1 amide bonds. The standard InChI is InChI=1S/C19H28BrN3O4/c1-25-16-4-3-15(18(20)19(16)26-2)13-21-5-7-23(8-6-21)17(24)14-22-9-11-27-12-10-22/h3-4H,5-14H2,1-2H3. The molecule has 150 valence electrons. The highest BCUT2D eigenvalue weighted by Gasteiger charge is 2.24. The van der Waals surface area contributed by atoms with E-state index in [4.69, 9.17) is 14.2 Å². The summed E-state index contributed by atoms with van der Waals surface area (Å²) in [5.74, 6) is 1.66. The lowest BCUT2D eigenvalue weighted by Gasteiger charge is -2.36. The van der Waals surface area contributed by atoms with Crippen LogP contribution in [0.25, 0.3) is 0 Å². The van der Waals surface area contributed by atoms with Crippen molar-refractivity contribution in [1.82, 2.24) is 14.7 Å². The Morgan fingerprint density at radius 3 is 2.37 bits per heavy atom. The molecule has 0 atom stereocenters.